The molecule has 2 bridgehead atoms. The van der Waals surface area contributed by atoms with Crippen LogP contribution in [0.5, 0.6) is 0 Å². The van der Waals surface area contributed by atoms with Gasteiger partial charge in [0.15, 0.2) is 0 Å². The van der Waals surface area contributed by atoms with Crippen molar-refractivity contribution in [2.45, 2.75) is 32.3 Å². The first-order valence-corrected chi connectivity index (χ1v) is 8.04. The third-order valence-corrected chi connectivity index (χ3v) is 5.38. The Morgan fingerprint density at radius 3 is 2.71 bits per heavy atom. The second kappa shape index (κ2) is 5.73. The fourth-order valence-corrected chi connectivity index (χ4v) is 4.18. The highest BCUT2D eigenvalue weighted by Gasteiger charge is 2.44. The van der Waals surface area contributed by atoms with Crippen molar-refractivity contribution in [3.05, 3.63) is 11.2 Å². The monoisotopic (exact) mass is 309 g/mol. The fraction of sp³-hybridized carbons (Fsp3) is 0.643. The van der Waals surface area contributed by atoms with Gasteiger partial charge in [-0.25, -0.2) is 4.98 Å². The van der Waals surface area contributed by atoms with Crippen LogP contribution >= 0.6 is 11.3 Å². The zero-order chi connectivity index (χ0) is 15.0. The number of anilines is 1. The number of carbonyl (C=O) groups is 2. The van der Waals surface area contributed by atoms with Crippen LogP contribution in [0, 0.1) is 24.7 Å². The summed E-state index contributed by atoms with van der Waals surface area (Å²) in [6, 6.07) is 0. The summed E-state index contributed by atoms with van der Waals surface area (Å²) < 4.78 is 0. The Kier molecular flexibility index (Phi) is 3.95. The van der Waals surface area contributed by atoms with Gasteiger partial charge in [-0.2, -0.15) is 0 Å². The minimum Gasteiger partial charge on any atom is -0.393 e. The van der Waals surface area contributed by atoms with Crippen LogP contribution in [0.3, 0.4) is 0 Å². The molecule has 0 unspecified atom stereocenters. The lowest BCUT2D eigenvalue weighted by molar-refractivity contribution is -0.136. The highest BCUT2D eigenvalue weighted by molar-refractivity contribution is 7.15. The van der Waals surface area contributed by atoms with Crippen LogP contribution in [0.1, 0.15) is 24.3 Å². The van der Waals surface area contributed by atoms with Gasteiger partial charge in [0.1, 0.15) is 5.00 Å². The summed E-state index contributed by atoms with van der Waals surface area (Å²) in [4.78, 5) is 27.6. The van der Waals surface area contributed by atoms with E-state index >= 15 is 0 Å². The van der Waals surface area contributed by atoms with Gasteiger partial charge >= 0.3 is 11.8 Å². The topological polar surface area (TPSA) is 91.3 Å². The average Bonchev–Trinajstić information content (AvgIpc) is 3.11. The molecule has 2 saturated carbocycles. The molecule has 2 aliphatic rings. The molecule has 4 atom stereocenters. The van der Waals surface area contributed by atoms with Crippen LogP contribution in [-0.2, 0) is 9.59 Å². The first-order chi connectivity index (χ1) is 10.0. The predicted octanol–water partition coefficient (Wildman–Crippen LogP) is 0.913. The van der Waals surface area contributed by atoms with Crippen molar-refractivity contribution in [2.75, 3.05) is 11.9 Å². The Morgan fingerprint density at radius 1 is 1.33 bits per heavy atom. The third kappa shape index (κ3) is 3.08. The summed E-state index contributed by atoms with van der Waals surface area (Å²) in [5.74, 6) is -0.00424. The minimum absolute atomic E-state index is 0.167. The molecule has 2 amide bonds. The van der Waals surface area contributed by atoms with Crippen molar-refractivity contribution in [1.82, 2.24) is 10.3 Å². The van der Waals surface area contributed by atoms with Crippen LogP contribution in [0.15, 0.2) is 6.20 Å². The summed E-state index contributed by atoms with van der Waals surface area (Å²) in [6.07, 6.45) is 4.20. The van der Waals surface area contributed by atoms with Crippen molar-refractivity contribution < 1.29 is 14.7 Å². The number of amides is 2. The van der Waals surface area contributed by atoms with Gasteiger partial charge < -0.3 is 15.7 Å². The van der Waals surface area contributed by atoms with E-state index in [0.717, 1.165) is 24.3 Å². The quantitative estimate of drug-likeness (QED) is 0.724. The normalized spacial score (nSPS) is 30.4. The van der Waals surface area contributed by atoms with E-state index in [-0.39, 0.29) is 6.10 Å². The molecule has 1 aromatic heterocycles. The van der Waals surface area contributed by atoms with Gasteiger partial charge in [-0.15, -0.1) is 11.3 Å². The van der Waals surface area contributed by atoms with Crippen molar-refractivity contribution in [1.29, 1.82) is 0 Å². The molecular formula is C14H19N3O3S. The molecule has 114 valence electrons. The molecule has 0 aliphatic heterocycles. The summed E-state index contributed by atoms with van der Waals surface area (Å²) in [5, 5.41) is 16.4. The molecule has 3 N–H and O–H groups in total. The zero-order valence-electron chi connectivity index (χ0n) is 11.8. The highest BCUT2D eigenvalue weighted by Crippen LogP contribution is 2.48. The summed E-state index contributed by atoms with van der Waals surface area (Å²) in [7, 11) is 0. The number of thiazole rings is 1. The smallest absolute Gasteiger partial charge is 0.314 e. The fourth-order valence-electron chi connectivity index (χ4n) is 3.51. The van der Waals surface area contributed by atoms with Gasteiger partial charge in [0.25, 0.3) is 0 Å². The lowest BCUT2D eigenvalue weighted by Gasteiger charge is -2.24. The van der Waals surface area contributed by atoms with E-state index in [0.29, 0.717) is 29.3 Å². The van der Waals surface area contributed by atoms with Gasteiger partial charge in [-0.3, -0.25) is 9.59 Å². The zero-order valence-corrected chi connectivity index (χ0v) is 12.7. The average molecular weight is 309 g/mol. The van der Waals surface area contributed by atoms with E-state index in [4.69, 9.17) is 0 Å². The third-order valence-electron chi connectivity index (χ3n) is 4.56. The number of hydrogen-bond donors (Lipinski definition) is 3. The van der Waals surface area contributed by atoms with E-state index in [2.05, 4.69) is 15.6 Å². The molecule has 6 nitrogen and oxygen atoms in total. The number of nitrogens with zero attached hydrogens (tertiary/aromatic N) is 1. The van der Waals surface area contributed by atoms with E-state index in [1.165, 1.54) is 11.3 Å². The predicted molar refractivity (Wildman–Crippen MR) is 78.8 cm³/mol. The van der Waals surface area contributed by atoms with Crippen LogP contribution in [0.4, 0.5) is 5.00 Å². The number of hydrogen-bond acceptors (Lipinski definition) is 5. The Bertz CT molecular complexity index is 557. The van der Waals surface area contributed by atoms with Crippen LogP contribution in [-0.4, -0.2) is 34.6 Å². The molecule has 0 aromatic carbocycles. The number of aliphatic hydroxyl groups is 1. The molecule has 2 fully saturated rings. The molecule has 21 heavy (non-hydrogen) atoms. The Hall–Kier alpha value is -1.47. The SMILES string of the molecule is Cc1ncc(NC(=O)C(=O)NC[C@@H]2C[C@H]3C[C@@H]2C[C@H]3O)s1. The van der Waals surface area contributed by atoms with Gasteiger partial charge in [-0.1, -0.05) is 0 Å². The van der Waals surface area contributed by atoms with E-state index < -0.39 is 11.8 Å². The van der Waals surface area contributed by atoms with Crippen molar-refractivity contribution >= 4 is 28.2 Å². The number of aryl methyl sites for hydroxylation is 1. The molecule has 1 heterocycles. The van der Waals surface area contributed by atoms with Gasteiger partial charge in [0.05, 0.1) is 17.3 Å². The minimum atomic E-state index is -0.651. The first kappa shape index (κ1) is 14.5. The van der Waals surface area contributed by atoms with Gasteiger partial charge in [0.2, 0.25) is 0 Å². The second-order valence-corrected chi connectivity index (χ2v) is 7.20. The van der Waals surface area contributed by atoms with Crippen molar-refractivity contribution in [3.8, 4) is 0 Å². The first-order valence-electron chi connectivity index (χ1n) is 7.22. The molecular weight excluding hydrogens is 290 g/mol. The number of carbonyl (C=O) groups excluding carboxylic acids is 2. The van der Waals surface area contributed by atoms with E-state index in [1.807, 2.05) is 6.92 Å². The molecule has 0 radical (unpaired) electrons. The van der Waals surface area contributed by atoms with Crippen molar-refractivity contribution in [3.63, 3.8) is 0 Å². The maximum atomic E-state index is 11.8. The standard InChI is InChI=1S/C14H19N3O3S/c1-7-15-6-12(21-7)17-14(20)13(19)16-5-10-3-9-2-8(10)4-11(9)18/h6,8-11,18H,2-5H2,1H3,(H,16,19)(H,17,20)/t8-,9-,10+,11-/m1/s1. The summed E-state index contributed by atoms with van der Waals surface area (Å²) >= 11 is 1.34. The largest absolute Gasteiger partial charge is 0.393 e. The Labute approximate surface area is 127 Å². The maximum absolute atomic E-state index is 11.8. The highest BCUT2D eigenvalue weighted by atomic mass is 32.1. The molecule has 0 saturated heterocycles. The lowest BCUT2D eigenvalue weighted by Crippen LogP contribution is -2.39. The molecule has 1 aromatic rings. The van der Waals surface area contributed by atoms with Crippen LogP contribution in [0.2, 0.25) is 0 Å². The van der Waals surface area contributed by atoms with E-state index in [9.17, 15) is 14.7 Å². The van der Waals surface area contributed by atoms with E-state index in [1.54, 1.807) is 6.20 Å². The lowest BCUT2D eigenvalue weighted by atomic mass is 9.87. The number of rotatable bonds is 3. The number of aliphatic hydroxyl groups excluding tert-OH is 1. The van der Waals surface area contributed by atoms with Gasteiger partial charge in [0, 0.05) is 6.54 Å². The number of fused-ring (bicyclic) bond motifs is 2. The molecule has 2 aliphatic carbocycles. The maximum Gasteiger partial charge on any atom is 0.314 e. The van der Waals surface area contributed by atoms with Crippen LogP contribution < -0.4 is 10.6 Å². The second-order valence-electron chi connectivity index (χ2n) is 5.96. The summed E-state index contributed by atoms with van der Waals surface area (Å²) in [5.41, 5.74) is 0. The van der Waals surface area contributed by atoms with Gasteiger partial charge in [-0.05, 0) is 43.9 Å². The Morgan fingerprint density at radius 2 is 2.14 bits per heavy atom. The molecule has 3 rings (SSSR count). The molecule has 7 heteroatoms. The molecule has 0 spiro atoms. The summed E-state index contributed by atoms with van der Waals surface area (Å²) in [6.45, 7) is 2.35. The number of nitrogens with one attached hydrogen (secondary N) is 2. The number of aromatic nitrogens is 1. The van der Waals surface area contributed by atoms with Crippen molar-refractivity contribution in [2.24, 2.45) is 17.8 Å². The Balaban J connectivity index is 1.45. The van der Waals surface area contributed by atoms with Crippen LogP contribution in [0.25, 0.3) is 0 Å².